The van der Waals surface area contributed by atoms with Crippen molar-refractivity contribution in [3.63, 3.8) is 0 Å². The number of Topliss-reactive ketones (excluding diaryl/α,β-unsaturated/α-hetero) is 1. The topological polar surface area (TPSA) is 61.8 Å². The monoisotopic (exact) mass is 406 g/mol. The molecule has 0 aliphatic heterocycles. The molecule has 0 atom stereocenters. The molecule has 0 heterocycles. The van der Waals surface area contributed by atoms with Crippen LogP contribution in [0.25, 0.3) is 0 Å². The Kier molecular flexibility index (Phi) is 7.16. The molecule has 0 fully saturated rings. The first kappa shape index (κ1) is 19.1. The lowest BCUT2D eigenvalue weighted by Crippen LogP contribution is -2.09. The van der Waals surface area contributed by atoms with Gasteiger partial charge in [-0.3, -0.25) is 4.79 Å². The van der Waals surface area contributed by atoms with Crippen LogP contribution in [0.2, 0.25) is 0 Å². The Morgan fingerprint density at radius 3 is 2.28 bits per heavy atom. The van der Waals surface area contributed by atoms with Crippen molar-refractivity contribution in [1.82, 2.24) is 0 Å². The molecule has 0 saturated heterocycles. The molecule has 0 saturated carbocycles. The van der Waals surface area contributed by atoms with Gasteiger partial charge in [0.1, 0.15) is 18.1 Å². The van der Waals surface area contributed by atoms with Crippen LogP contribution >= 0.6 is 15.9 Å². The third-order valence-corrected chi connectivity index (χ3v) is 4.04. The number of carbonyl (C=O) groups excluding carboxylic acids is 2. The summed E-state index contributed by atoms with van der Waals surface area (Å²) in [7, 11) is 1.60. The molecule has 0 aromatic heterocycles. The van der Waals surface area contributed by atoms with Crippen LogP contribution in [0.3, 0.4) is 0 Å². The van der Waals surface area contributed by atoms with Crippen molar-refractivity contribution in [2.24, 2.45) is 0 Å². The summed E-state index contributed by atoms with van der Waals surface area (Å²) in [4.78, 5) is 23.8. The fraction of sp³-hybridized carbons (Fsp3) is 0.263. The Morgan fingerprint density at radius 2 is 1.68 bits per heavy atom. The third kappa shape index (κ3) is 5.41. The van der Waals surface area contributed by atoms with Crippen molar-refractivity contribution < 1.29 is 23.8 Å². The molecule has 0 unspecified atom stereocenters. The quantitative estimate of drug-likeness (QED) is 0.283. The molecule has 0 spiro atoms. The molecule has 2 aromatic rings. The smallest absolute Gasteiger partial charge is 0.343 e. The van der Waals surface area contributed by atoms with Gasteiger partial charge in [0.2, 0.25) is 0 Å². The van der Waals surface area contributed by atoms with Crippen LogP contribution in [0.1, 0.15) is 34.1 Å². The average Bonchev–Trinajstić information content (AvgIpc) is 2.63. The number of hydrogen-bond donors (Lipinski definition) is 0. The summed E-state index contributed by atoms with van der Waals surface area (Å²) < 4.78 is 16.4. The van der Waals surface area contributed by atoms with Crippen LogP contribution in [-0.2, 0) is 4.74 Å². The van der Waals surface area contributed by atoms with Gasteiger partial charge in [-0.1, -0.05) is 6.92 Å². The van der Waals surface area contributed by atoms with Gasteiger partial charge in [-0.15, -0.1) is 0 Å². The normalized spacial score (nSPS) is 10.4. The zero-order chi connectivity index (χ0) is 18.2. The second kappa shape index (κ2) is 9.34. The van der Waals surface area contributed by atoms with Gasteiger partial charge >= 0.3 is 5.97 Å². The SMILES string of the molecule is CCC(=O)c1ccc(OC(=O)c2ccc(OCCOC)c(Br)c2)cc1. The van der Waals surface area contributed by atoms with Crippen LogP contribution < -0.4 is 9.47 Å². The first-order chi connectivity index (χ1) is 12.0. The van der Waals surface area contributed by atoms with Gasteiger partial charge in [0.25, 0.3) is 0 Å². The van der Waals surface area contributed by atoms with E-state index in [0.29, 0.717) is 46.7 Å². The summed E-state index contributed by atoms with van der Waals surface area (Å²) >= 11 is 3.38. The van der Waals surface area contributed by atoms with E-state index in [1.807, 2.05) is 0 Å². The van der Waals surface area contributed by atoms with Crippen molar-refractivity contribution in [1.29, 1.82) is 0 Å². The molecule has 0 aliphatic carbocycles. The number of rotatable bonds is 8. The lowest BCUT2D eigenvalue weighted by Gasteiger charge is -2.09. The fourth-order valence-electron chi connectivity index (χ4n) is 2.06. The lowest BCUT2D eigenvalue weighted by atomic mass is 10.1. The molecule has 132 valence electrons. The van der Waals surface area contributed by atoms with Crippen LogP contribution in [-0.4, -0.2) is 32.1 Å². The van der Waals surface area contributed by atoms with E-state index in [1.165, 1.54) is 0 Å². The zero-order valence-electron chi connectivity index (χ0n) is 14.1. The van der Waals surface area contributed by atoms with E-state index in [0.717, 1.165) is 0 Å². The molecular weight excluding hydrogens is 388 g/mol. The summed E-state index contributed by atoms with van der Waals surface area (Å²) in [5.41, 5.74) is 0.988. The van der Waals surface area contributed by atoms with Gasteiger partial charge < -0.3 is 14.2 Å². The first-order valence-electron chi connectivity index (χ1n) is 7.82. The highest BCUT2D eigenvalue weighted by Gasteiger charge is 2.12. The summed E-state index contributed by atoms with van der Waals surface area (Å²) in [6.45, 7) is 2.70. The van der Waals surface area contributed by atoms with Crippen molar-refractivity contribution >= 4 is 27.7 Å². The Bertz CT molecular complexity index is 740. The highest BCUT2D eigenvalue weighted by molar-refractivity contribution is 9.10. The van der Waals surface area contributed by atoms with Crippen molar-refractivity contribution in [3.8, 4) is 11.5 Å². The largest absolute Gasteiger partial charge is 0.490 e. The zero-order valence-corrected chi connectivity index (χ0v) is 15.7. The van der Waals surface area contributed by atoms with E-state index in [9.17, 15) is 9.59 Å². The summed E-state index contributed by atoms with van der Waals surface area (Å²) in [6.07, 6.45) is 0.436. The second-order valence-electron chi connectivity index (χ2n) is 5.18. The number of halogens is 1. The molecule has 5 nitrogen and oxygen atoms in total. The predicted octanol–water partition coefficient (Wildman–Crippen LogP) is 4.29. The summed E-state index contributed by atoms with van der Waals surface area (Å²) in [5.74, 6) is 0.565. The maximum atomic E-state index is 12.2. The van der Waals surface area contributed by atoms with E-state index >= 15 is 0 Å². The minimum atomic E-state index is -0.487. The molecule has 0 aliphatic rings. The number of ketones is 1. The number of carbonyl (C=O) groups is 2. The summed E-state index contributed by atoms with van der Waals surface area (Å²) in [5, 5.41) is 0. The molecule has 2 rings (SSSR count). The highest BCUT2D eigenvalue weighted by atomic mass is 79.9. The Morgan fingerprint density at radius 1 is 1.00 bits per heavy atom. The minimum Gasteiger partial charge on any atom is -0.490 e. The molecule has 0 amide bonds. The van der Waals surface area contributed by atoms with Gasteiger partial charge in [-0.05, 0) is 58.4 Å². The number of ether oxygens (including phenoxy) is 3. The van der Waals surface area contributed by atoms with Crippen LogP contribution in [0, 0.1) is 0 Å². The van der Waals surface area contributed by atoms with Gasteiger partial charge in [-0.2, -0.15) is 0 Å². The average molecular weight is 407 g/mol. The van der Waals surface area contributed by atoms with E-state index in [2.05, 4.69) is 15.9 Å². The van der Waals surface area contributed by atoms with Gasteiger partial charge in [0.05, 0.1) is 16.6 Å². The Balaban J connectivity index is 2.03. The number of methoxy groups -OCH3 is 1. The van der Waals surface area contributed by atoms with Crippen molar-refractivity contribution in [2.75, 3.05) is 20.3 Å². The fourth-order valence-corrected chi connectivity index (χ4v) is 2.55. The molecule has 0 bridgehead atoms. The van der Waals surface area contributed by atoms with Crippen LogP contribution in [0.4, 0.5) is 0 Å². The third-order valence-electron chi connectivity index (χ3n) is 3.42. The van der Waals surface area contributed by atoms with Gasteiger partial charge in [-0.25, -0.2) is 4.79 Å². The van der Waals surface area contributed by atoms with Crippen LogP contribution in [0.15, 0.2) is 46.9 Å². The molecule has 25 heavy (non-hydrogen) atoms. The molecule has 6 heteroatoms. The maximum absolute atomic E-state index is 12.2. The number of hydrogen-bond acceptors (Lipinski definition) is 5. The number of esters is 1. The molecule has 2 aromatic carbocycles. The molecule has 0 N–H and O–H groups in total. The van der Waals surface area contributed by atoms with E-state index < -0.39 is 5.97 Å². The molecular formula is C19H19BrO5. The van der Waals surface area contributed by atoms with Gasteiger partial charge in [0, 0.05) is 19.1 Å². The van der Waals surface area contributed by atoms with E-state index in [-0.39, 0.29) is 5.78 Å². The van der Waals surface area contributed by atoms with Crippen LogP contribution in [0.5, 0.6) is 11.5 Å². The molecule has 0 radical (unpaired) electrons. The standard InChI is InChI=1S/C19H19BrO5/c1-3-17(21)13-4-7-15(8-5-13)25-19(22)14-6-9-18(16(20)12-14)24-11-10-23-2/h4-9,12H,3,10-11H2,1-2H3. The Labute approximate surface area is 155 Å². The second-order valence-corrected chi connectivity index (χ2v) is 6.03. The predicted molar refractivity (Wildman–Crippen MR) is 97.5 cm³/mol. The van der Waals surface area contributed by atoms with Gasteiger partial charge in [0.15, 0.2) is 5.78 Å². The van der Waals surface area contributed by atoms with Crippen molar-refractivity contribution in [2.45, 2.75) is 13.3 Å². The van der Waals surface area contributed by atoms with E-state index in [4.69, 9.17) is 14.2 Å². The lowest BCUT2D eigenvalue weighted by molar-refractivity contribution is 0.0734. The maximum Gasteiger partial charge on any atom is 0.343 e. The minimum absolute atomic E-state index is 0.0471. The number of benzene rings is 2. The van der Waals surface area contributed by atoms with Crippen molar-refractivity contribution in [3.05, 3.63) is 58.1 Å². The highest BCUT2D eigenvalue weighted by Crippen LogP contribution is 2.26. The Hall–Kier alpha value is -2.18. The van der Waals surface area contributed by atoms with E-state index in [1.54, 1.807) is 56.5 Å². The summed E-state index contributed by atoms with van der Waals surface area (Å²) in [6, 6.07) is 11.5. The first-order valence-corrected chi connectivity index (χ1v) is 8.61.